The van der Waals surface area contributed by atoms with Gasteiger partial charge in [0.05, 0.1) is 0 Å². The van der Waals surface area contributed by atoms with Gasteiger partial charge in [0.1, 0.15) is 0 Å². The third-order valence-electron chi connectivity index (χ3n) is 1.96. The first-order valence-electron chi connectivity index (χ1n) is 4.44. The minimum atomic E-state index is -1.34. The normalized spacial score (nSPS) is 12.5. The summed E-state index contributed by atoms with van der Waals surface area (Å²) < 4.78 is 13.1. The van der Waals surface area contributed by atoms with Crippen molar-refractivity contribution in [3.05, 3.63) is 35.9 Å². The number of carbonyl (C=O) groups is 1. The largest absolute Gasteiger partial charge is 0.296 e. The van der Waals surface area contributed by atoms with Crippen LogP contribution in [0.5, 0.6) is 0 Å². The molecule has 1 atom stereocenters. The van der Waals surface area contributed by atoms with Gasteiger partial charge in [0.15, 0.2) is 12.0 Å². The fourth-order valence-corrected chi connectivity index (χ4v) is 1.16. The highest BCUT2D eigenvalue weighted by atomic mass is 19.1. The standard InChI is InChI=1S/C11H13FO/c1-2-11(13)10(12)8-9-6-4-3-5-7-9/h3-7,10H,2,8H2,1H3/t10-/m0/s1. The lowest BCUT2D eigenvalue weighted by Gasteiger charge is -2.04. The maximum absolute atomic E-state index is 13.1. The molecule has 0 saturated heterocycles. The van der Waals surface area contributed by atoms with Gasteiger partial charge in [-0.3, -0.25) is 4.79 Å². The maximum atomic E-state index is 13.1. The molecule has 0 fully saturated rings. The van der Waals surface area contributed by atoms with E-state index in [4.69, 9.17) is 0 Å². The number of rotatable bonds is 4. The van der Waals surface area contributed by atoms with Gasteiger partial charge in [-0.2, -0.15) is 0 Å². The number of carbonyl (C=O) groups excluding carboxylic acids is 1. The Hall–Kier alpha value is -1.18. The number of benzene rings is 1. The predicted octanol–water partition coefficient (Wildman–Crippen LogP) is 2.55. The Morgan fingerprint density at radius 1 is 1.38 bits per heavy atom. The molecule has 1 rings (SSSR count). The smallest absolute Gasteiger partial charge is 0.166 e. The first-order valence-corrected chi connectivity index (χ1v) is 4.44. The molecule has 0 amide bonds. The van der Waals surface area contributed by atoms with Gasteiger partial charge < -0.3 is 0 Å². The van der Waals surface area contributed by atoms with Crippen molar-refractivity contribution in [1.82, 2.24) is 0 Å². The number of Topliss-reactive ketones (excluding diaryl/α,β-unsaturated/α-hetero) is 1. The minimum Gasteiger partial charge on any atom is -0.296 e. The van der Waals surface area contributed by atoms with Gasteiger partial charge in [-0.25, -0.2) is 4.39 Å². The van der Waals surface area contributed by atoms with E-state index in [1.165, 1.54) is 0 Å². The van der Waals surface area contributed by atoms with Gasteiger partial charge in [-0.15, -0.1) is 0 Å². The lowest BCUT2D eigenvalue weighted by molar-refractivity contribution is -0.123. The third kappa shape index (κ3) is 2.98. The highest BCUT2D eigenvalue weighted by Crippen LogP contribution is 2.07. The molecule has 1 nitrogen and oxygen atoms in total. The van der Waals surface area contributed by atoms with Crippen LogP contribution in [0.1, 0.15) is 18.9 Å². The SMILES string of the molecule is CCC(=O)[C@@H](F)Cc1ccccc1. The van der Waals surface area contributed by atoms with Crippen LogP contribution in [0, 0.1) is 0 Å². The number of ketones is 1. The van der Waals surface area contributed by atoms with Crippen LogP contribution in [0.15, 0.2) is 30.3 Å². The molecule has 2 heteroatoms. The van der Waals surface area contributed by atoms with Crippen LogP contribution in [-0.4, -0.2) is 12.0 Å². The Bertz CT molecular complexity index is 269. The summed E-state index contributed by atoms with van der Waals surface area (Å²) in [6, 6.07) is 9.22. The molecule has 1 aromatic carbocycles. The summed E-state index contributed by atoms with van der Waals surface area (Å²) in [5, 5.41) is 0. The quantitative estimate of drug-likeness (QED) is 0.696. The van der Waals surface area contributed by atoms with Gasteiger partial charge >= 0.3 is 0 Å². The second kappa shape index (κ2) is 4.75. The van der Waals surface area contributed by atoms with Crippen LogP contribution in [-0.2, 0) is 11.2 Å². The fraction of sp³-hybridized carbons (Fsp3) is 0.364. The van der Waals surface area contributed by atoms with Gasteiger partial charge in [0.2, 0.25) is 0 Å². The fourth-order valence-electron chi connectivity index (χ4n) is 1.16. The van der Waals surface area contributed by atoms with Crippen LogP contribution < -0.4 is 0 Å². The molecule has 13 heavy (non-hydrogen) atoms. The van der Waals surface area contributed by atoms with E-state index in [0.717, 1.165) is 5.56 Å². The molecule has 0 aliphatic carbocycles. The average molecular weight is 180 g/mol. The molecule has 1 aromatic rings. The second-order valence-corrected chi connectivity index (χ2v) is 2.98. The maximum Gasteiger partial charge on any atom is 0.166 e. The summed E-state index contributed by atoms with van der Waals surface area (Å²) in [5.41, 5.74) is 0.872. The molecular weight excluding hydrogens is 167 g/mol. The minimum absolute atomic E-state index is 0.202. The summed E-state index contributed by atoms with van der Waals surface area (Å²) in [6.07, 6.45) is -0.867. The molecule has 0 N–H and O–H groups in total. The average Bonchev–Trinajstić information content (AvgIpc) is 2.18. The van der Waals surface area contributed by atoms with E-state index in [-0.39, 0.29) is 18.6 Å². The molecule has 0 radical (unpaired) electrons. The molecule has 0 aliphatic heterocycles. The monoisotopic (exact) mass is 180 g/mol. The van der Waals surface area contributed by atoms with Gasteiger partial charge in [-0.1, -0.05) is 37.3 Å². The van der Waals surface area contributed by atoms with Crippen molar-refractivity contribution in [3.8, 4) is 0 Å². The van der Waals surface area contributed by atoms with E-state index < -0.39 is 6.17 Å². The van der Waals surface area contributed by atoms with Crippen LogP contribution in [0.3, 0.4) is 0 Å². The van der Waals surface area contributed by atoms with Crippen molar-refractivity contribution in [1.29, 1.82) is 0 Å². The highest BCUT2D eigenvalue weighted by Gasteiger charge is 2.14. The number of alkyl halides is 1. The molecule has 0 unspecified atom stereocenters. The molecule has 0 spiro atoms. The first kappa shape index (κ1) is 9.90. The predicted molar refractivity (Wildman–Crippen MR) is 50.3 cm³/mol. The molecule has 0 bridgehead atoms. The Labute approximate surface area is 77.6 Å². The van der Waals surface area contributed by atoms with Crippen molar-refractivity contribution in [2.45, 2.75) is 25.9 Å². The van der Waals surface area contributed by atoms with E-state index in [0.29, 0.717) is 0 Å². The van der Waals surface area contributed by atoms with Crippen molar-refractivity contribution in [3.63, 3.8) is 0 Å². The second-order valence-electron chi connectivity index (χ2n) is 2.98. The van der Waals surface area contributed by atoms with Crippen molar-refractivity contribution in [2.75, 3.05) is 0 Å². The van der Waals surface area contributed by atoms with Crippen LogP contribution >= 0.6 is 0 Å². The summed E-state index contributed by atoms with van der Waals surface area (Å²) in [7, 11) is 0. The molecular formula is C11H13FO. The topological polar surface area (TPSA) is 17.1 Å². The van der Waals surface area contributed by atoms with Gasteiger partial charge in [0.25, 0.3) is 0 Å². The highest BCUT2D eigenvalue weighted by molar-refractivity contribution is 5.82. The lowest BCUT2D eigenvalue weighted by atomic mass is 10.1. The van der Waals surface area contributed by atoms with Gasteiger partial charge in [-0.05, 0) is 5.56 Å². The number of halogens is 1. The Balaban J connectivity index is 2.55. The number of hydrogen-bond acceptors (Lipinski definition) is 1. The zero-order valence-corrected chi connectivity index (χ0v) is 7.66. The van der Waals surface area contributed by atoms with Crippen LogP contribution in [0.2, 0.25) is 0 Å². The van der Waals surface area contributed by atoms with E-state index in [1.807, 2.05) is 30.3 Å². The van der Waals surface area contributed by atoms with E-state index in [1.54, 1.807) is 6.92 Å². The van der Waals surface area contributed by atoms with Crippen LogP contribution in [0.4, 0.5) is 4.39 Å². The van der Waals surface area contributed by atoms with E-state index in [2.05, 4.69) is 0 Å². The molecule has 0 aliphatic rings. The summed E-state index contributed by atoms with van der Waals surface area (Å²) >= 11 is 0. The summed E-state index contributed by atoms with van der Waals surface area (Å²) in [5.74, 6) is -0.316. The number of hydrogen-bond donors (Lipinski definition) is 0. The Kier molecular flexibility index (Phi) is 3.62. The van der Waals surface area contributed by atoms with E-state index in [9.17, 15) is 9.18 Å². The zero-order valence-electron chi connectivity index (χ0n) is 7.66. The molecule has 70 valence electrons. The van der Waals surface area contributed by atoms with E-state index >= 15 is 0 Å². The Morgan fingerprint density at radius 2 is 2.00 bits per heavy atom. The molecule has 0 heterocycles. The Morgan fingerprint density at radius 3 is 2.54 bits per heavy atom. The molecule has 0 saturated carbocycles. The van der Waals surface area contributed by atoms with Crippen molar-refractivity contribution >= 4 is 5.78 Å². The first-order chi connectivity index (χ1) is 6.24. The zero-order chi connectivity index (χ0) is 9.68. The van der Waals surface area contributed by atoms with Crippen molar-refractivity contribution < 1.29 is 9.18 Å². The third-order valence-corrected chi connectivity index (χ3v) is 1.96. The van der Waals surface area contributed by atoms with Crippen molar-refractivity contribution in [2.24, 2.45) is 0 Å². The van der Waals surface area contributed by atoms with Crippen LogP contribution in [0.25, 0.3) is 0 Å². The summed E-state index contributed by atoms with van der Waals surface area (Å²) in [6.45, 7) is 1.68. The van der Waals surface area contributed by atoms with Gasteiger partial charge in [0, 0.05) is 12.8 Å². The molecule has 0 aromatic heterocycles. The lowest BCUT2D eigenvalue weighted by Crippen LogP contribution is -2.16. The summed E-state index contributed by atoms with van der Waals surface area (Å²) in [4.78, 5) is 10.9.